The van der Waals surface area contributed by atoms with Crippen molar-refractivity contribution in [1.29, 1.82) is 5.26 Å². The lowest BCUT2D eigenvalue weighted by molar-refractivity contribution is -0.120. The summed E-state index contributed by atoms with van der Waals surface area (Å²) < 4.78 is 0. The molecular formula is C15H20N6O2. The normalized spacial score (nSPS) is 15.0. The Hall–Kier alpha value is -2.66. The van der Waals surface area contributed by atoms with Gasteiger partial charge in [0.15, 0.2) is 0 Å². The van der Waals surface area contributed by atoms with Crippen LogP contribution in [0.25, 0.3) is 0 Å². The third-order valence-corrected chi connectivity index (χ3v) is 3.71. The van der Waals surface area contributed by atoms with Gasteiger partial charge in [0.05, 0.1) is 11.6 Å². The van der Waals surface area contributed by atoms with Crippen LogP contribution >= 0.6 is 0 Å². The second-order valence-corrected chi connectivity index (χ2v) is 5.36. The van der Waals surface area contributed by atoms with Crippen LogP contribution in [0.15, 0.2) is 18.3 Å². The molecule has 0 aliphatic carbocycles. The van der Waals surface area contributed by atoms with Gasteiger partial charge >= 0.3 is 6.03 Å². The third kappa shape index (κ3) is 5.23. The number of nitrogens with zero attached hydrogens (tertiary/aromatic N) is 4. The highest BCUT2D eigenvalue weighted by Crippen LogP contribution is 2.15. The van der Waals surface area contributed by atoms with E-state index >= 15 is 0 Å². The second-order valence-electron chi connectivity index (χ2n) is 5.36. The molecule has 23 heavy (non-hydrogen) atoms. The van der Waals surface area contributed by atoms with E-state index in [0.29, 0.717) is 12.0 Å². The predicted molar refractivity (Wildman–Crippen MR) is 84.6 cm³/mol. The lowest BCUT2D eigenvalue weighted by Crippen LogP contribution is -2.47. The number of rotatable bonds is 5. The molecule has 0 bridgehead atoms. The number of nitrogens with two attached hydrogens (primary N) is 1. The van der Waals surface area contributed by atoms with Crippen molar-refractivity contribution in [2.45, 2.75) is 12.8 Å². The van der Waals surface area contributed by atoms with Gasteiger partial charge < -0.3 is 10.6 Å². The third-order valence-electron chi connectivity index (χ3n) is 3.71. The molecule has 1 aliphatic rings. The van der Waals surface area contributed by atoms with Gasteiger partial charge in [-0.25, -0.2) is 9.78 Å². The molecule has 2 rings (SSSR count). The molecule has 2 heterocycles. The largest absolute Gasteiger partial charge is 0.354 e. The Labute approximate surface area is 134 Å². The van der Waals surface area contributed by atoms with Gasteiger partial charge in [0, 0.05) is 38.8 Å². The first-order valence-corrected chi connectivity index (χ1v) is 7.51. The number of nitriles is 1. The first-order chi connectivity index (χ1) is 11.1. The number of carbonyl (C=O) groups excluding carboxylic acids is 2. The molecule has 122 valence electrons. The Bertz CT molecular complexity index is 604. The summed E-state index contributed by atoms with van der Waals surface area (Å²) in [6, 6.07) is 4.80. The fourth-order valence-corrected chi connectivity index (χ4v) is 2.52. The van der Waals surface area contributed by atoms with Crippen molar-refractivity contribution >= 4 is 17.8 Å². The van der Waals surface area contributed by atoms with Gasteiger partial charge in [0.1, 0.15) is 5.82 Å². The Kier molecular flexibility index (Phi) is 5.88. The number of amides is 3. The SMILES string of the molecule is N#Cc1ccnc(N2CCN(CCCC(=O)NC(N)=O)CC2)c1. The maximum Gasteiger partial charge on any atom is 0.318 e. The number of hydrogen-bond acceptors (Lipinski definition) is 6. The fourth-order valence-electron chi connectivity index (χ4n) is 2.52. The Morgan fingerprint density at radius 2 is 2.09 bits per heavy atom. The molecule has 0 saturated carbocycles. The topological polar surface area (TPSA) is 115 Å². The smallest absolute Gasteiger partial charge is 0.318 e. The number of imide groups is 1. The summed E-state index contributed by atoms with van der Waals surface area (Å²) in [6.07, 6.45) is 2.62. The number of piperazine rings is 1. The van der Waals surface area contributed by atoms with Crippen LogP contribution < -0.4 is 16.0 Å². The minimum atomic E-state index is -0.810. The molecule has 1 aromatic heterocycles. The average molecular weight is 316 g/mol. The summed E-state index contributed by atoms with van der Waals surface area (Å²) in [6.45, 7) is 4.20. The molecule has 0 atom stereocenters. The molecule has 3 N–H and O–H groups in total. The monoisotopic (exact) mass is 316 g/mol. The highest BCUT2D eigenvalue weighted by Gasteiger charge is 2.18. The second kappa shape index (κ2) is 8.10. The van der Waals surface area contributed by atoms with Crippen molar-refractivity contribution in [2.75, 3.05) is 37.6 Å². The minimum Gasteiger partial charge on any atom is -0.354 e. The van der Waals surface area contributed by atoms with E-state index in [1.54, 1.807) is 18.3 Å². The van der Waals surface area contributed by atoms with Crippen LogP contribution in [0.2, 0.25) is 0 Å². The van der Waals surface area contributed by atoms with E-state index in [0.717, 1.165) is 38.5 Å². The molecule has 1 aromatic rings. The number of pyridine rings is 1. The maximum absolute atomic E-state index is 11.3. The summed E-state index contributed by atoms with van der Waals surface area (Å²) in [5.74, 6) is 0.484. The van der Waals surface area contributed by atoms with Crippen molar-refractivity contribution < 1.29 is 9.59 Å². The zero-order valence-corrected chi connectivity index (χ0v) is 12.9. The Morgan fingerprint density at radius 1 is 1.35 bits per heavy atom. The molecule has 8 nitrogen and oxygen atoms in total. The number of nitrogens with one attached hydrogen (secondary N) is 1. The standard InChI is InChI=1S/C15H20N6O2/c16-11-12-3-4-18-13(10-12)21-8-6-20(7-9-21)5-1-2-14(22)19-15(17)23/h3-4,10H,1-2,5-9H2,(H3,17,19,22,23). The van der Waals surface area contributed by atoms with Crippen LogP contribution in [0.4, 0.5) is 10.6 Å². The lowest BCUT2D eigenvalue weighted by Gasteiger charge is -2.35. The van der Waals surface area contributed by atoms with Gasteiger partial charge in [0.2, 0.25) is 5.91 Å². The molecule has 0 unspecified atom stereocenters. The summed E-state index contributed by atoms with van der Waals surface area (Å²) >= 11 is 0. The minimum absolute atomic E-state index is 0.287. The van der Waals surface area contributed by atoms with Crippen molar-refractivity contribution in [3.05, 3.63) is 23.9 Å². The number of primary amides is 1. The molecular weight excluding hydrogens is 296 g/mol. The van der Waals surface area contributed by atoms with E-state index in [1.165, 1.54) is 0 Å². The summed E-state index contributed by atoms with van der Waals surface area (Å²) in [4.78, 5) is 30.6. The van der Waals surface area contributed by atoms with E-state index < -0.39 is 6.03 Å². The number of aromatic nitrogens is 1. The lowest BCUT2D eigenvalue weighted by atomic mass is 10.2. The van der Waals surface area contributed by atoms with E-state index in [2.05, 4.69) is 26.2 Å². The van der Waals surface area contributed by atoms with Gasteiger partial charge in [-0.1, -0.05) is 0 Å². The first-order valence-electron chi connectivity index (χ1n) is 7.51. The quantitative estimate of drug-likeness (QED) is 0.793. The van der Waals surface area contributed by atoms with Gasteiger partial charge in [-0.05, 0) is 25.1 Å². The highest BCUT2D eigenvalue weighted by atomic mass is 16.2. The Balaban J connectivity index is 1.72. The average Bonchev–Trinajstić information content (AvgIpc) is 2.55. The molecule has 8 heteroatoms. The van der Waals surface area contributed by atoms with E-state index in [-0.39, 0.29) is 12.3 Å². The van der Waals surface area contributed by atoms with E-state index in [1.807, 2.05) is 0 Å². The number of carbonyl (C=O) groups is 2. The molecule has 1 fully saturated rings. The highest BCUT2D eigenvalue weighted by molar-refractivity contribution is 5.93. The maximum atomic E-state index is 11.3. The van der Waals surface area contributed by atoms with E-state index in [9.17, 15) is 9.59 Å². The molecule has 1 aliphatic heterocycles. The zero-order chi connectivity index (χ0) is 16.7. The number of anilines is 1. The summed E-state index contributed by atoms with van der Waals surface area (Å²) in [7, 11) is 0. The van der Waals surface area contributed by atoms with Gasteiger partial charge in [0.25, 0.3) is 0 Å². The van der Waals surface area contributed by atoms with Crippen LogP contribution in [-0.4, -0.2) is 54.5 Å². The molecule has 3 amide bonds. The Morgan fingerprint density at radius 3 is 2.74 bits per heavy atom. The van der Waals surface area contributed by atoms with Crippen LogP contribution in [0.5, 0.6) is 0 Å². The molecule has 0 radical (unpaired) electrons. The van der Waals surface area contributed by atoms with Gasteiger partial charge in [-0.15, -0.1) is 0 Å². The molecule has 0 aromatic carbocycles. The van der Waals surface area contributed by atoms with Crippen LogP contribution in [0.1, 0.15) is 18.4 Å². The first kappa shape index (κ1) is 16.7. The fraction of sp³-hybridized carbons (Fsp3) is 0.467. The van der Waals surface area contributed by atoms with Gasteiger partial charge in [-0.2, -0.15) is 5.26 Å². The zero-order valence-electron chi connectivity index (χ0n) is 12.9. The predicted octanol–water partition coefficient (Wildman–Crippen LogP) is 0.0504. The van der Waals surface area contributed by atoms with E-state index in [4.69, 9.17) is 11.0 Å². The van der Waals surface area contributed by atoms with Crippen molar-refractivity contribution in [2.24, 2.45) is 5.73 Å². The number of hydrogen-bond donors (Lipinski definition) is 2. The van der Waals surface area contributed by atoms with Crippen molar-refractivity contribution in [1.82, 2.24) is 15.2 Å². The van der Waals surface area contributed by atoms with Crippen LogP contribution in [0, 0.1) is 11.3 Å². The van der Waals surface area contributed by atoms with Crippen molar-refractivity contribution in [3.63, 3.8) is 0 Å². The molecule has 0 spiro atoms. The number of urea groups is 1. The summed E-state index contributed by atoms with van der Waals surface area (Å²) in [5.41, 5.74) is 5.50. The van der Waals surface area contributed by atoms with Crippen LogP contribution in [0.3, 0.4) is 0 Å². The van der Waals surface area contributed by atoms with Crippen molar-refractivity contribution in [3.8, 4) is 6.07 Å². The summed E-state index contributed by atoms with van der Waals surface area (Å²) in [5, 5.41) is 11.0. The van der Waals surface area contributed by atoms with Gasteiger partial charge in [-0.3, -0.25) is 15.0 Å². The van der Waals surface area contributed by atoms with Crippen LogP contribution in [-0.2, 0) is 4.79 Å². The molecule has 1 saturated heterocycles.